The van der Waals surface area contributed by atoms with Gasteiger partial charge >= 0.3 is 0 Å². The summed E-state index contributed by atoms with van der Waals surface area (Å²) in [6.45, 7) is 0.481. The van der Waals surface area contributed by atoms with Gasteiger partial charge < -0.3 is 4.90 Å². The Labute approximate surface area is 145 Å². The lowest BCUT2D eigenvalue weighted by Crippen LogP contribution is -2.32. The molecule has 0 saturated heterocycles. The van der Waals surface area contributed by atoms with Gasteiger partial charge in [-0.15, -0.1) is 0 Å². The van der Waals surface area contributed by atoms with Crippen molar-refractivity contribution in [1.82, 2.24) is 14.6 Å². The van der Waals surface area contributed by atoms with E-state index in [1.165, 1.54) is 0 Å². The molecule has 0 aliphatic carbocycles. The summed E-state index contributed by atoms with van der Waals surface area (Å²) < 4.78 is 1.57. The third-order valence-corrected chi connectivity index (χ3v) is 4.01. The monoisotopic (exact) mass is 328 g/mol. The fourth-order valence-electron chi connectivity index (χ4n) is 2.79. The first-order valence-electron chi connectivity index (χ1n) is 8.02. The van der Waals surface area contributed by atoms with Crippen molar-refractivity contribution in [2.75, 3.05) is 4.90 Å². The van der Waals surface area contributed by atoms with Crippen LogP contribution in [0.4, 0.5) is 5.69 Å². The number of anilines is 1. The van der Waals surface area contributed by atoms with Gasteiger partial charge in [0, 0.05) is 18.0 Å². The summed E-state index contributed by atoms with van der Waals surface area (Å²) in [6, 6.07) is 23.1. The van der Waals surface area contributed by atoms with Gasteiger partial charge in [-0.1, -0.05) is 48.5 Å². The van der Waals surface area contributed by atoms with Crippen LogP contribution in [0.3, 0.4) is 0 Å². The van der Waals surface area contributed by atoms with Gasteiger partial charge in [-0.25, -0.2) is 9.50 Å². The molecule has 122 valence electrons. The Balaban J connectivity index is 1.77. The number of hydrogen-bond acceptors (Lipinski definition) is 3. The van der Waals surface area contributed by atoms with Gasteiger partial charge in [0.25, 0.3) is 5.91 Å². The zero-order chi connectivity index (χ0) is 17.1. The predicted molar refractivity (Wildman–Crippen MR) is 96.4 cm³/mol. The lowest BCUT2D eigenvalue weighted by Gasteiger charge is -2.23. The molecular weight excluding hydrogens is 312 g/mol. The normalized spacial score (nSPS) is 10.7. The molecule has 0 aliphatic rings. The van der Waals surface area contributed by atoms with E-state index in [9.17, 15) is 4.79 Å². The molecule has 1 amide bonds. The second-order valence-corrected chi connectivity index (χ2v) is 5.64. The standard InChI is InChI=1S/C20H16N4O/c25-20(18-11-13-21-19-12-14-22-24(18)19)23(17-9-5-2-6-10-17)15-16-7-3-1-4-8-16/h1-14H,15H2. The van der Waals surface area contributed by atoms with E-state index in [0.29, 0.717) is 17.9 Å². The van der Waals surface area contributed by atoms with E-state index < -0.39 is 0 Å². The molecule has 2 aromatic carbocycles. The third kappa shape index (κ3) is 2.99. The summed E-state index contributed by atoms with van der Waals surface area (Å²) in [5.41, 5.74) is 3.03. The van der Waals surface area contributed by atoms with Crippen molar-refractivity contribution >= 4 is 17.2 Å². The van der Waals surface area contributed by atoms with Gasteiger partial charge in [-0.3, -0.25) is 4.79 Å². The first kappa shape index (κ1) is 15.1. The maximum atomic E-state index is 13.3. The molecule has 0 unspecified atom stereocenters. The Bertz CT molecular complexity index is 996. The number of carbonyl (C=O) groups is 1. The highest BCUT2D eigenvalue weighted by atomic mass is 16.2. The molecule has 0 fully saturated rings. The number of nitrogens with zero attached hydrogens (tertiary/aromatic N) is 4. The van der Waals surface area contributed by atoms with Gasteiger partial charge in [-0.2, -0.15) is 5.10 Å². The largest absolute Gasteiger partial charge is 0.303 e. The predicted octanol–water partition coefficient (Wildman–Crippen LogP) is 3.58. The zero-order valence-electron chi connectivity index (χ0n) is 13.5. The third-order valence-electron chi connectivity index (χ3n) is 4.01. The average molecular weight is 328 g/mol. The smallest absolute Gasteiger partial charge is 0.277 e. The van der Waals surface area contributed by atoms with E-state index in [1.807, 2.05) is 60.7 Å². The highest BCUT2D eigenvalue weighted by Crippen LogP contribution is 2.20. The summed E-state index contributed by atoms with van der Waals surface area (Å²) in [6.07, 6.45) is 3.28. The molecule has 0 atom stereocenters. The topological polar surface area (TPSA) is 50.5 Å². The number of hydrogen-bond donors (Lipinski definition) is 0. The summed E-state index contributed by atoms with van der Waals surface area (Å²) >= 11 is 0. The lowest BCUT2D eigenvalue weighted by molar-refractivity contribution is 0.0978. The number of benzene rings is 2. The van der Waals surface area contributed by atoms with Crippen LogP contribution >= 0.6 is 0 Å². The summed E-state index contributed by atoms with van der Waals surface area (Å²) in [5.74, 6) is -0.119. The van der Waals surface area contributed by atoms with Crippen molar-refractivity contribution in [3.8, 4) is 0 Å². The molecule has 5 nitrogen and oxygen atoms in total. The Kier molecular flexibility index (Phi) is 3.96. The molecular formula is C20H16N4O. The van der Waals surface area contributed by atoms with Crippen molar-refractivity contribution in [3.63, 3.8) is 0 Å². The Morgan fingerprint density at radius 1 is 0.880 bits per heavy atom. The van der Waals surface area contributed by atoms with E-state index in [1.54, 1.807) is 33.9 Å². The minimum absolute atomic E-state index is 0.119. The summed E-state index contributed by atoms with van der Waals surface area (Å²) in [5, 5.41) is 4.23. The maximum absolute atomic E-state index is 13.3. The van der Waals surface area contributed by atoms with Crippen LogP contribution in [0.25, 0.3) is 5.65 Å². The van der Waals surface area contributed by atoms with E-state index >= 15 is 0 Å². The lowest BCUT2D eigenvalue weighted by atomic mass is 10.2. The minimum Gasteiger partial charge on any atom is -0.303 e. The van der Waals surface area contributed by atoms with Gasteiger partial charge in [0.05, 0.1) is 12.7 Å². The van der Waals surface area contributed by atoms with Crippen LogP contribution in [0.15, 0.2) is 85.2 Å². The van der Waals surface area contributed by atoms with E-state index in [-0.39, 0.29) is 5.91 Å². The SMILES string of the molecule is O=C(c1ccnc2ccnn12)N(Cc1ccccc1)c1ccccc1. The number of carbonyl (C=O) groups excluding carboxylic acids is 1. The second-order valence-electron chi connectivity index (χ2n) is 5.64. The Morgan fingerprint density at radius 3 is 2.36 bits per heavy atom. The zero-order valence-corrected chi connectivity index (χ0v) is 13.5. The van der Waals surface area contributed by atoms with Gasteiger partial charge in [0.1, 0.15) is 5.69 Å². The average Bonchev–Trinajstić information content (AvgIpc) is 3.16. The Hall–Kier alpha value is -3.47. The van der Waals surface area contributed by atoms with Crippen LogP contribution in [0.5, 0.6) is 0 Å². The molecule has 4 aromatic rings. The van der Waals surface area contributed by atoms with Crippen molar-refractivity contribution in [3.05, 3.63) is 96.4 Å². The number of amides is 1. The molecule has 2 aromatic heterocycles. The maximum Gasteiger partial charge on any atom is 0.277 e. The van der Waals surface area contributed by atoms with Crippen LogP contribution in [0, 0.1) is 0 Å². The van der Waals surface area contributed by atoms with Crippen LogP contribution < -0.4 is 4.90 Å². The van der Waals surface area contributed by atoms with E-state index in [2.05, 4.69) is 10.1 Å². The molecule has 0 spiro atoms. The molecule has 2 heterocycles. The van der Waals surface area contributed by atoms with Gasteiger partial charge in [-0.05, 0) is 23.8 Å². The molecule has 0 saturated carbocycles. The van der Waals surface area contributed by atoms with Crippen LogP contribution in [-0.2, 0) is 6.54 Å². The highest BCUT2D eigenvalue weighted by molar-refractivity contribution is 6.05. The van der Waals surface area contributed by atoms with Crippen molar-refractivity contribution in [2.45, 2.75) is 6.54 Å². The fourth-order valence-corrected chi connectivity index (χ4v) is 2.79. The number of fused-ring (bicyclic) bond motifs is 1. The quantitative estimate of drug-likeness (QED) is 0.575. The van der Waals surface area contributed by atoms with Gasteiger partial charge in [0.2, 0.25) is 0 Å². The number of para-hydroxylation sites is 1. The molecule has 5 heteroatoms. The van der Waals surface area contributed by atoms with Crippen molar-refractivity contribution in [2.24, 2.45) is 0 Å². The summed E-state index contributed by atoms with van der Waals surface area (Å²) in [7, 11) is 0. The fraction of sp³-hybridized carbons (Fsp3) is 0.0500. The van der Waals surface area contributed by atoms with Crippen LogP contribution in [0.1, 0.15) is 16.1 Å². The molecule has 0 radical (unpaired) electrons. The number of aromatic nitrogens is 3. The van der Waals surface area contributed by atoms with E-state index in [0.717, 1.165) is 11.3 Å². The number of rotatable bonds is 4. The molecule has 0 bridgehead atoms. The first-order valence-corrected chi connectivity index (χ1v) is 8.02. The molecule has 25 heavy (non-hydrogen) atoms. The first-order chi connectivity index (χ1) is 12.3. The summed E-state index contributed by atoms with van der Waals surface area (Å²) in [4.78, 5) is 19.3. The van der Waals surface area contributed by atoms with E-state index in [4.69, 9.17) is 0 Å². The minimum atomic E-state index is -0.119. The molecule has 0 N–H and O–H groups in total. The molecule has 0 aliphatic heterocycles. The molecule has 4 rings (SSSR count). The van der Waals surface area contributed by atoms with Gasteiger partial charge in [0.15, 0.2) is 5.65 Å². The van der Waals surface area contributed by atoms with Crippen molar-refractivity contribution < 1.29 is 4.79 Å². The van der Waals surface area contributed by atoms with Crippen LogP contribution in [-0.4, -0.2) is 20.5 Å². The second kappa shape index (κ2) is 6.57. The van der Waals surface area contributed by atoms with Crippen molar-refractivity contribution in [1.29, 1.82) is 0 Å². The Morgan fingerprint density at radius 2 is 1.60 bits per heavy atom. The van der Waals surface area contributed by atoms with Crippen LogP contribution in [0.2, 0.25) is 0 Å². The highest BCUT2D eigenvalue weighted by Gasteiger charge is 2.21.